The van der Waals surface area contributed by atoms with Gasteiger partial charge in [-0.15, -0.1) is 0 Å². The molecule has 1 aromatic heterocycles. The Morgan fingerprint density at radius 3 is 2.62 bits per heavy atom. The maximum Gasteiger partial charge on any atom is 0.324 e. The highest BCUT2D eigenvalue weighted by atomic mass is 35.5. The number of hydrogen-bond donors (Lipinski definition) is 2. The van der Waals surface area contributed by atoms with Crippen molar-refractivity contribution < 1.29 is 17.6 Å². The Kier molecular flexibility index (Phi) is 3.79. The molecule has 0 bridgehead atoms. The number of pyridine rings is 1. The zero-order chi connectivity index (χ0) is 12.3. The zero-order valence-corrected chi connectivity index (χ0v) is 8.61. The summed E-state index contributed by atoms with van der Waals surface area (Å²) in [6.07, 6.45) is -3.75. The highest BCUT2D eigenvalue weighted by Gasteiger charge is 2.40. The van der Waals surface area contributed by atoms with E-state index >= 15 is 0 Å². The molecular formula is C8H8ClF4N3. The van der Waals surface area contributed by atoms with Crippen LogP contribution in [-0.2, 0) is 0 Å². The normalized spacial score (nSPS) is 11.9. The highest BCUT2D eigenvalue weighted by Crippen LogP contribution is 2.25. The third kappa shape index (κ3) is 3.13. The minimum atomic E-state index is -4.14. The Hall–Kier alpha value is -1.24. The van der Waals surface area contributed by atoms with Crippen molar-refractivity contribution in [2.24, 2.45) is 0 Å². The predicted molar refractivity (Wildman–Crippen MR) is 53.1 cm³/mol. The van der Waals surface area contributed by atoms with E-state index in [2.05, 4.69) is 4.98 Å². The van der Waals surface area contributed by atoms with E-state index in [0.29, 0.717) is 0 Å². The smallest absolute Gasteiger partial charge is 0.324 e. The van der Waals surface area contributed by atoms with Crippen LogP contribution in [0.3, 0.4) is 0 Å². The van der Waals surface area contributed by atoms with Crippen LogP contribution < -0.4 is 11.1 Å². The average Bonchev–Trinajstić information content (AvgIpc) is 2.19. The number of nitrogens with one attached hydrogen (secondary N) is 1. The number of rotatable bonds is 4. The number of hydrogen-bond acceptors (Lipinski definition) is 3. The van der Waals surface area contributed by atoms with Crippen molar-refractivity contribution in [3.05, 3.63) is 17.3 Å². The van der Waals surface area contributed by atoms with Crippen LogP contribution in [0.1, 0.15) is 0 Å². The lowest BCUT2D eigenvalue weighted by atomic mass is 10.3. The van der Waals surface area contributed by atoms with Crippen molar-refractivity contribution in [2.45, 2.75) is 12.3 Å². The Bertz CT molecular complexity index is 372. The lowest BCUT2D eigenvalue weighted by Crippen LogP contribution is -2.35. The Labute approximate surface area is 93.6 Å². The van der Waals surface area contributed by atoms with Crippen molar-refractivity contribution in [3.8, 4) is 0 Å². The second-order valence-corrected chi connectivity index (χ2v) is 3.37. The molecule has 0 aliphatic heterocycles. The third-order valence-electron chi connectivity index (χ3n) is 1.70. The van der Waals surface area contributed by atoms with Gasteiger partial charge in [-0.3, -0.25) is 0 Å². The molecule has 0 aromatic carbocycles. The molecule has 0 amide bonds. The van der Waals surface area contributed by atoms with Gasteiger partial charge >= 0.3 is 12.3 Å². The number of halogens is 5. The first-order valence-corrected chi connectivity index (χ1v) is 4.52. The van der Waals surface area contributed by atoms with Gasteiger partial charge in [0.15, 0.2) is 5.82 Å². The van der Waals surface area contributed by atoms with E-state index in [4.69, 9.17) is 17.3 Å². The predicted octanol–water partition coefficient (Wildman–Crippen LogP) is 2.63. The number of anilines is 2. The maximum absolute atomic E-state index is 12.6. The zero-order valence-electron chi connectivity index (χ0n) is 7.85. The van der Waals surface area contributed by atoms with Crippen LogP contribution in [0.5, 0.6) is 0 Å². The third-order valence-corrected chi connectivity index (χ3v) is 1.91. The lowest BCUT2D eigenvalue weighted by Gasteiger charge is -2.16. The second kappa shape index (κ2) is 4.73. The molecule has 0 saturated heterocycles. The molecule has 90 valence electrons. The molecule has 0 atom stereocenters. The number of nitrogens with zero attached hydrogens (tertiary/aromatic N) is 1. The molecule has 16 heavy (non-hydrogen) atoms. The molecule has 0 aliphatic rings. The van der Waals surface area contributed by atoms with Crippen LogP contribution >= 0.6 is 11.6 Å². The van der Waals surface area contributed by atoms with Gasteiger partial charge in [0.25, 0.3) is 0 Å². The van der Waals surface area contributed by atoms with E-state index in [1.54, 1.807) is 0 Å². The summed E-state index contributed by atoms with van der Waals surface area (Å²) in [5.41, 5.74) is 5.43. The quantitative estimate of drug-likeness (QED) is 0.644. The van der Waals surface area contributed by atoms with Gasteiger partial charge in [0.1, 0.15) is 5.15 Å². The van der Waals surface area contributed by atoms with Crippen molar-refractivity contribution in [2.75, 3.05) is 17.6 Å². The summed E-state index contributed by atoms with van der Waals surface area (Å²) in [7, 11) is 0. The van der Waals surface area contributed by atoms with Gasteiger partial charge in [-0.05, 0) is 12.1 Å². The number of aromatic nitrogens is 1. The molecule has 1 heterocycles. The van der Waals surface area contributed by atoms with Crippen LogP contribution in [0.2, 0.25) is 5.15 Å². The SMILES string of the molecule is Nc1ccc(Cl)nc1NCC(F)(F)C(F)F. The van der Waals surface area contributed by atoms with Crippen molar-refractivity contribution in [3.63, 3.8) is 0 Å². The van der Waals surface area contributed by atoms with Crippen LogP contribution in [0.25, 0.3) is 0 Å². The van der Waals surface area contributed by atoms with Gasteiger partial charge in [-0.1, -0.05) is 11.6 Å². The van der Waals surface area contributed by atoms with E-state index in [9.17, 15) is 17.6 Å². The summed E-state index contributed by atoms with van der Waals surface area (Å²) >= 11 is 5.49. The maximum atomic E-state index is 12.6. The van der Waals surface area contributed by atoms with Gasteiger partial charge in [-0.2, -0.15) is 8.78 Å². The first-order chi connectivity index (χ1) is 7.33. The van der Waals surface area contributed by atoms with Crippen LogP contribution in [0, 0.1) is 0 Å². The number of nitrogens with two attached hydrogens (primary N) is 1. The summed E-state index contributed by atoms with van der Waals surface area (Å²) in [6, 6.07) is 2.69. The molecule has 0 radical (unpaired) electrons. The molecule has 0 saturated carbocycles. The molecular weight excluding hydrogens is 250 g/mol. The largest absolute Gasteiger partial charge is 0.396 e. The van der Waals surface area contributed by atoms with E-state index in [-0.39, 0.29) is 16.7 Å². The van der Waals surface area contributed by atoms with Crippen molar-refractivity contribution in [1.29, 1.82) is 0 Å². The number of alkyl halides is 4. The first kappa shape index (κ1) is 12.8. The van der Waals surface area contributed by atoms with Gasteiger partial charge in [0.2, 0.25) is 0 Å². The van der Waals surface area contributed by atoms with Crippen molar-refractivity contribution in [1.82, 2.24) is 4.98 Å². The topological polar surface area (TPSA) is 50.9 Å². The first-order valence-electron chi connectivity index (χ1n) is 4.15. The lowest BCUT2D eigenvalue weighted by molar-refractivity contribution is -0.117. The van der Waals surface area contributed by atoms with Gasteiger partial charge < -0.3 is 11.1 Å². The molecule has 3 nitrogen and oxygen atoms in total. The molecule has 0 spiro atoms. The Morgan fingerprint density at radius 1 is 1.44 bits per heavy atom. The summed E-state index contributed by atoms with van der Waals surface area (Å²) in [6.45, 7) is -1.26. The number of nitrogen functional groups attached to an aromatic ring is 1. The molecule has 0 aliphatic carbocycles. The van der Waals surface area contributed by atoms with E-state index < -0.39 is 18.9 Å². The molecule has 8 heteroatoms. The van der Waals surface area contributed by atoms with Crippen LogP contribution in [0.15, 0.2) is 12.1 Å². The van der Waals surface area contributed by atoms with Crippen LogP contribution in [-0.4, -0.2) is 23.9 Å². The van der Waals surface area contributed by atoms with Gasteiger partial charge in [0.05, 0.1) is 12.2 Å². The highest BCUT2D eigenvalue weighted by molar-refractivity contribution is 6.29. The molecule has 0 fully saturated rings. The average molecular weight is 258 g/mol. The fourth-order valence-corrected chi connectivity index (χ4v) is 1.01. The van der Waals surface area contributed by atoms with E-state index in [1.165, 1.54) is 12.1 Å². The summed E-state index contributed by atoms with van der Waals surface area (Å²) in [5.74, 6) is -4.29. The Morgan fingerprint density at radius 2 is 2.06 bits per heavy atom. The van der Waals surface area contributed by atoms with Gasteiger partial charge in [0, 0.05) is 0 Å². The Balaban J connectivity index is 2.71. The molecule has 0 unspecified atom stereocenters. The summed E-state index contributed by atoms with van der Waals surface area (Å²) in [5, 5.41) is 2.05. The van der Waals surface area contributed by atoms with E-state index in [0.717, 1.165) is 0 Å². The monoisotopic (exact) mass is 257 g/mol. The fourth-order valence-electron chi connectivity index (χ4n) is 0.866. The second-order valence-electron chi connectivity index (χ2n) is 2.99. The summed E-state index contributed by atoms with van der Waals surface area (Å²) in [4.78, 5) is 3.59. The van der Waals surface area contributed by atoms with Gasteiger partial charge in [-0.25, -0.2) is 13.8 Å². The molecule has 3 N–H and O–H groups in total. The molecule has 1 rings (SSSR count). The minimum Gasteiger partial charge on any atom is -0.396 e. The fraction of sp³-hybridized carbons (Fsp3) is 0.375. The minimum absolute atomic E-state index is 0.0251. The van der Waals surface area contributed by atoms with Crippen molar-refractivity contribution >= 4 is 23.1 Å². The summed E-state index contributed by atoms with van der Waals surface area (Å²) < 4.78 is 48.8. The standard InChI is InChI=1S/C8H8ClF4N3/c9-5-2-1-4(14)6(16-5)15-3-8(12,13)7(10)11/h1-2,7H,3,14H2,(H,15,16). The van der Waals surface area contributed by atoms with E-state index in [1.807, 2.05) is 5.32 Å². The van der Waals surface area contributed by atoms with Crippen LogP contribution in [0.4, 0.5) is 29.1 Å². The molecule has 1 aromatic rings.